The minimum Gasteiger partial charge on any atom is -0.364 e. The molecule has 102 valence electrons. The van der Waals surface area contributed by atoms with E-state index in [2.05, 4.69) is 62.2 Å². The van der Waals surface area contributed by atoms with Gasteiger partial charge in [0.1, 0.15) is 0 Å². The Morgan fingerprint density at radius 3 is 2.58 bits per heavy atom. The first-order chi connectivity index (χ1) is 8.94. The van der Waals surface area contributed by atoms with Crippen molar-refractivity contribution in [3.8, 4) is 6.07 Å². The molecule has 0 amide bonds. The molecule has 0 spiro atoms. The molecule has 1 aliphatic rings. The SMILES string of the molecule is Cc1cccc(C)c1N1CC(C)(C)NCC1CC#N. The van der Waals surface area contributed by atoms with E-state index >= 15 is 0 Å². The Morgan fingerprint density at radius 2 is 2.00 bits per heavy atom. The van der Waals surface area contributed by atoms with Crippen molar-refractivity contribution in [2.24, 2.45) is 0 Å². The van der Waals surface area contributed by atoms with Crippen molar-refractivity contribution >= 4 is 5.69 Å². The van der Waals surface area contributed by atoms with Gasteiger partial charge in [-0.05, 0) is 38.8 Å². The first kappa shape index (κ1) is 13.9. The van der Waals surface area contributed by atoms with E-state index in [4.69, 9.17) is 5.26 Å². The summed E-state index contributed by atoms with van der Waals surface area (Å²) < 4.78 is 0. The molecule has 0 saturated carbocycles. The van der Waals surface area contributed by atoms with Gasteiger partial charge in [-0.25, -0.2) is 0 Å². The molecule has 0 bridgehead atoms. The molecule has 0 radical (unpaired) electrons. The Morgan fingerprint density at radius 1 is 1.37 bits per heavy atom. The smallest absolute Gasteiger partial charge is 0.0643 e. The molecule has 3 heteroatoms. The quantitative estimate of drug-likeness (QED) is 0.885. The molecule has 1 N–H and O–H groups in total. The second-order valence-electron chi connectivity index (χ2n) is 6.15. The van der Waals surface area contributed by atoms with Crippen molar-refractivity contribution in [2.75, 3.05) is 18.0 Å². The number of benzene rings is 1. The molecule has 1 atom stereocenters. The van der Waals surface area contributed by atoms with Crippen LogP contribution >= 0.6 is 0 Å². The summed E-state index contributed by atoms with van der Waals surface area (Å²) in [6.07, 6.45) is 0.566. The van der Waals surface area contributed by atoms with Crippen LogP contribution in [-0.4, -0.2) is 24.7 Å². The summed E-state index contributed by atoms with van der Waals surface area (Å²) in [4.78, 5) is 2.42. The van der Waals surface area contributed by atoms with Crippen LogP contribution in [0.2, 0.25) is 0 Å². The van der Waals surface area contributed by atoms with Gasteiger partial charge in [0.15, 0.2) is 0 Å². The van der Waals surface area contributed by atoms with Crippen LogP contribution in [0.5, 0.6) is 0 Å². The summed E-state index contributed by atoms with van der Waals surface area (Å²) in [6.45, 7) is 10.5. The summed E-state index contributed by atoms with van der Waals surface area (Å²) >= 11 is 0. The van der Waals surface area contributed by atoms with Gasteiger partial charge in [0, 0.05) is 24.3 Å². The third kappa shape index (κ3) is 2.90. The number of para-hydroxylation sites is 1. The van der Waals surface area contributed by atoms with Gasteiger partial charge in [0.2, 0.25) is 0 Å². The van der Waals surface area contributed by atoms with Crippen molar-refractivity contribution in [3.05, 3.63) is 29.3 Å². The van der Waals surface area contributed by atoms with Crippen LogP contribution in [0.3, 0.4) is 0 Å². The number of rotatable bonds is 2. The average molecular weight is 257 g/mol. The molecular weight excluding hydrogens is 234 g/mol. The number of aryl methyl sites for hydroxylation is 2. The first-order valence-electron chi connectivity index (χ1n) is 6.89. The van der Waals surface area contributed by atoms with E-state index < -0.39 is 0 Å². The lowest BCUT2D eigenvalue weighted by Gasteiger charge is -2.46. The molecule has 0 aliphatic carbocycles. The van der Waals surface area contributed by atoms with Gasteiger partial charge in [0.05, 0.1) is 18.5 Å². The summed E-state index contributed by atoms with van der Waals surface area (Å²) in [6, 6.07) is 8.99. The molecule has 19 heavy (non-hydrogen) atoms. The van der Waals surface area contributed by atoms with E-state index in [9.17, 15) is 0 Å². The van der Waals surface area contributed by atoms with E-state index in [0.717, 1.165) is 13.1 Å². The van der Waals surface area contributed by atoms with Crippen molar-refractivity contribution in [3.63, 3.8) is 0 Å². The first-order valence-corrected chi connectivity index (χ1v) is 6.89. The van der Waals surface area contributed by atoms with Crippen LogP contribution in [-0.2, 0) is 0 Å². The van der Waals surface area contributed by atoms with Crippen LogP contribution < -0.4 is 10.2 Å². The third-order valence-corrected chi connectivity index (χ3v) is 3.88. The second kappa shape index (κ2) is 5.22. The molecule has 3 nitrogen and oxygen atoms in total. The van der Waals surface area contributed by atoms with E-state index in [1.807, 2.05) is 0 Å². The van der Waals surface area contributed by atoms with Gasteiger partial charge in [-0.15, -0.1) is 0 Å². The fourth-order valence-corrected chi connectivity index (χ4v) is 2.92. The number of nitrogens with one attached hydrogen (secondary N) is 1. The van der Waals surface area contributed by atoms with Crippen LogP contribution in [0.25, 0.3) is 0 Å². The molecule has 1 unspecified atom stereocenters. The fourth-order valence-electron chi connectivity index (χ4n) is 2.92. The van der Waals surface area contributed by atoms with Crippen LogP contribution in [0.1, 0.15) is 31.4 Å². The number of nitriles is 1. The maximum Gasteiger partial charge on any atom is 0.0643 e. The molecule has 0 aromatic heterocycles. The Kier molecular flexibility index (Phi) is 3.82. The summed E-state index contributed by atoms with van der Waals surface area (Å²) in [7, 11) is 0. The average Bonchev–Trinajstić information content (AvgIpc) is 2.32. The third-order valence-electron chi connectivity index (χ3n) is 3.88. The highest BCUT2D eigenvalue weighted by atomic mass is 15.3. The van der Waals surface area contributed by atoms with E-state index in [0.29, 0.717) is 6.42 Å². The predicted octanol–water partition coefficient (Wildman–Crippen LogP) is 2.77. The number of piperazine rings is 1. The van der Waals surface area contributed by atoms with Crippen LogP contribution in [0, 0.1) is 25.2 Å². The molecule has 2 rings (SSSR count). The highest BCUT2D eigenvalue weighted by molar-refractivity contribution is 5.60. The molecule has 1 saturated heterocycles. The lowest BCUT2D eigenvalue weighted by Crippen LogP contribution is -2.62. The van der Waals surface area contributed by atoms with Gasteiger partial charge in [0.25, 0.3) is 0 Å². The molecule has 1 heterocycles. The zero-order valence-corrected chi connectivity index (χ0v) is 12.3. The van der Waals surface area contributed by atoms with E-state index in [1.165, 1.54) is 16.8 Å². The van der Waals surface area contributed by atoms with Crippen molar-refractivity contribution in [2.45, 2.75) is 45.7 Å². The van der Waals surface area contributed by atoms with Gasteiger partial charge in [-0.1, -0.05) is 18.2 Å². The monoisotopic (exact) mass is 257 g/mol. The Bertz CT molecular complexity index is 479. The van der Waals surface area contributed by atoms with Crippen molar-refractivity contribution in [1.29, 1.82) is 5.26 Å². The maximum absolute atomic E-state index is 9.05. The molecule has 1 fully saturated rings. The number of nitrogens with zero attached hydrogens (tertiary/aromatic N) is 2. The van der Waals surface area contributed by atoms with Crippen LogP contribution in [0.15, 0.2) is 18.2 Å². The second-order valence-corrected chi connectivity index (χ2v) is 6.15. The maximum atomic E-state index is 9.05. The molecule has 1 aromatic carbocycles. The van der Waals surface area contributed by atoms with E-state index in [1.54, 1.807) is 0 Å². The zero-order chi connectivity index (χ0) is 14.0. The van der Waals surface area contributed by atoms with Gasteiger partial charge in [-0.3, -0.25) is 0 Å². The normalized spacial score (nSPS) is 22.1. The number of anilines is 1. The Labute approximate surface area is 116 Å². The highest BCUT2D eigenvalue weighted by Gasteiger charge is 2.33. The summed E-state index contributed by atoms with van der Waals surface area (Å²) in [5, 5.41) is 12.6. The Balaban J connectivity index is 2.40. The van der Waals surface area contributed by atoms with Gasteiger partial charge < -0.3 is 10.2 Å². The summed E-state index contributed by atoms with van der Waals surface area (Å²) in [5.74, 6) is 0. The topological polar surface area (TPSA) is 39.1 Å². The lowest BCUT2D eigenvalue weighted by molar-refractivity contribution is 0.310. The molecule has 1 aliphatic heterocycles. The number of hydrogen-bond acceptors (Lipinski definition) is 3. The van der Waals surface area contributed by atoms with E-state index in [-0.39, 0.29) is 11.6 Å². The largest absolute Gasteiger partial charge is 0.364 e. The molecule has 1 aromatic rings. The fraction of sp³-hybridized carbons (Fsp3) is 0.562. The standard InChI is InChI=1S/C16H23N3/c1-12-6-5-7-13(2)15(12)19-11-16(3,4)18-10-14(19)8-9-17/h5-7,14,18H,8,10-11H2,1-4H3. The predicted molar refractivity (Wildman–Crippen MR) is 79.4 cm³/mol. The lowest BCUT2D eigenvalue weighted by atomic mass is 9.95. The zero-order valence-electron chi connectivity index (χ0n) is 12.3. The highest BCUT2D eigenvalue weighted by Crippen LogP contribution is 2.30. The van der Waals surface area contributed by atoms with Crippen molar-refractivity contribution < 1.29 is 0 Å². The molecular formula is C16H23N3. The van der Waals surface area contributed by atoms with Gasteiger partial charge >= 0.3 is 0 Å². The minimum absolute atomic E-state index is 0.0840. The number of hydrogen-bond donors (Lipinski definition) is 1. The minimum atomic E-state index is 0.0840. The van der Waals surface area contributed by atoms with Gasteiger partial charge in [-0.2, -0.15) is 5.26 Å². The van der Waals surface area contributed by atoms with Crippen molar-refractivity contribution in [1.82, 2.24) is 5.32 Å². The van der Waals surface area contributed by atoms with Crippen LogP contribution in [0.4, 0.5) is 5.69 Å². The Hall–Kier alpha value is -1.53. The summed E-state index contributed by atoms with van der Waals surface area (Å²) in [5.41, 5.74) is 3.97.